The third-order valence-corrected chi connectivity index (χ3v) is 3.48. The van der Waals surface area contributed by atoms with Crippen LogP contribution < -0.4 is 10.7 Å². The average molecular weight is 297 g/mol. The van der Waals surface area contributed by atoms with E-state index in [1.165, 1.54) is 0 Å². The molecular weight excluding hydrogens is 282 g/mol. The molecule has 1 aliphatic carbocycles. The minimum Gasteiger partial charge on any atom is -0.383 e. The molecule has 0 heterocycles. The van der Waals surface area contributed by atoms with Gasteiger partial charge in [0.05, 0.1) is 6.61 Å². The number of nitrogens with one attached hydrogen (secondary N) is 2. The van der Waals surface area contributed by atoms with Gasteiger partial charge in [0.25, 0.3) is 0 Å². The number of hydrogen-bond acceptors (Lipinski definition) is 4. The SMILES string of the molecule is COCCNC(=O)NN=C1C(=O)c2cccc3cccc1c23. The summed E-state index contributed by atoms with van der Waals surface area (Å²) >= 11 is 0. The second-order valence-electron chi connectivity index (χ2n) is 4.86. The lowest BCUT2D eigenvalue weighted by molar-refractivity contribution is 0.106. The summed E-state index contributed by atoms with van der Waals surface area (Å²) in [5.74, 6) is -0.177. The van der Waals surface area contributed by atoms with Crippen LogP contribution in [0, 0.1) is 0 Å². The molecule has 0 atom stereocenters. The van der Waals surface area contributed by atoms with Crippen LogP contribution in [0.2, 0.25) is 0 Å². The molecule has 2 aromatic rings. The second kappa shape index (κ2) is 5.95. The number of methoxy groups -OCH3 is 1. The van der Waals surface area contributed by atoms with Gasteiger partial charge in [-0.05, 0) is 5.39 Å². The normalized spacial score (nSPS) is 14.6. The summed E-state index contributed by atoms with van der Waals surface area (Å²) in [5.41, 5.74) is 3.98. The molecule has 0 fully saturated rings. The largest absolute Gasteiger partial charge is 0.383 e. The van der Waals surface area contributed by atoms with Crippen molar-refractivity contribution in [1.29, 1.82) is 0 Å². The molecule has 6 heteroatoms. The van der Waals surface area contributed by atoms with E-state index in [9.17, 15) is 9.59 Å². The lowest BCUT2D eigenvalue weighted by Crippen LogP contribution is -2.35. The summed E-state index contributed by atoms with van der Waals surface area (Å²) in [5, 5.41) is 8.43. The van der Waals surface area contributed by atoms with Gasteiger partial charge in [-0.3, -0.25) is 4.79 Å². The topological polar surface area (TPSA) is 79.8 Å². The van der Waals surface area contributed by atoms with E-state index in [1.807, 2.05) is 30.3 Å². The van der Waals surface area contributed by atoms with Crippen LogP contribution in [-0.4, -0.2) is 37.8 Å². The molecule has 0 saturated heterocycles. The van der Waals surface area contributed by atoms with Gasteiger partial charge in [-0.15, -0.1) is 0 Å². The molecule has 1 aliphatic rings. The quantitative estimate of drug-likeness (QED) is 0.665. The lowest BCUT2D eigenvalue weighted by Gasteiger charge is -2.04. The van der Waals surface area contributed by atoms with E-state index in [1.54, 1.807) is 13.2 Å². The smallest absolute Gasteiger partial charge is 0.335 e. The fourth-order valence-corrected chi connectivity index (χ4v) is 2.50. The molecule has 22 heavy (non-hydrogen) atoms. The second-order valence-corrected chi connectivity index (χ2v) is 4.86. The minimum absolute atomic E-state index is 0.177. The Balaban J connectivity index is 1.85. The van der Waals surface area contributed by atoms with Crippen molar-refractivity contribution in [2.75, 3.05) is 20.3 Å². The summed E-state index contributed by atoms with van der Waals surface area (Å²) in [7, 11) is 1.55. The van der Waals surface area contributed by atoms with Crippen LogP contribution in [0.15, 0.2) is 41.5 Å². The van der Waals surface area contributed by atoms with Crippen molar-refractivity contribution in [1.82, 2.24) is 10.7 Å². The molecule has 112 valence electrons. The number of ether oxygens (including phenoxy) is 1. The molecule has 0 unspecified atom stereocenters. The molecule has 2 N–H and O–H groups in total. The first-order chi connectivity index (χ1) is 10.7. The van der Waals surface area contributed by atoms with Gasteiger partial charge in [-0.1, -0.05) is 36.4 Å². The van der Waals surface area contributed by atoms with Crippen molar-refractivity contribution in [3.63, 3.8) is 0 Å². The maximum atomic E-state index is 12.4. The number of rotatable bonds is 4. The predicted molar refractivity (Wildman–Crippen MR) is 83.2 cm³/mol. The Hall–Kier alpha value is -2.73. The van der Waals surface area contributed by atoms with E-state index in [0.717, 1.165) is 16.3 Å². The number of nitrogens with zero attached hydrogens (tertiary/aromatic N) is 1. The zero-order valence-corrected chi connectivity index (χ0v) is 12.1. The number of ketones is 1. The zero-order valence-electron chi connectivity index (χ0n) is 12.1. The molecule has 0 radical (unpaired) electrons. The zero-order chi connectivity index (χ0) is 15.5. The van der Waals surface area contributed by atoms with E-state index < -0.39 is 6.03 Å². The molecule has 0 bridgehead atoms. The minimum atomic E-state index is -0.472. The van der Waals surface area contributed by atoms with E-state index in [4.69, 9.17) is 4.74 Å². The predicted octanol–water partition coefficient (Wildman–Crippen LogP) is 1.69. The van der Waals surface area contributed by atoms with Crippen LogP contribution in [0.1, 0.15) is 15.9 Å². The van der Waals surface area contributed by atoms with Gasteiger partial charge in [-0.25, -0.2) is 10.2 Å². The molecule has 6 nitrogen and oxygen atoms in total. The molecule has 2 amide bonds. The fourth-order valence-electron chi connectivity index (χ4n) is 2.50. The molecule has 0 aromatic heterocycles. The Morgan fingerprint density at radius 2 is 1.91 bits per heavy atom. The number of benzene rings is 2. The first kappa shape index (κ1) is 14.2. The number of carbonyl (C=O) groups excluding carboxylic acids is 2. The Morgan fingerprint density at radius 1 is 1.18 bits per heavy atom. The first-order valence-electron chi connectivity index (χ1n) is 6.89. The molecule has 0 aliphatic heterocycles. The molecule has 0 spiro atoms. The Bertz CT molecular complexity index is 778. The van der Waals surface area contributed by atoms with Crippen molar-refractivity contribution in [2.24, 2.45) is 5.10 Å². The highest BCUT2D eigenvalue weighted by Gasteiger charge is 2.28. The van der Waals surface area contributed by atoms with E-state index in [-0.39, 0.29) is 11.5 Å². The number of urea groups is 1. The fraction of sp³-hybridized carbons (Fsp3) is 0.188. The number of hydrazone groups is 1. The van der Waals surface area contributed by atoms with Crippen molar-refractivity contribution in [3.8, 4) is 0 Å². The maximum Gasteiger partial charge on any atom is 0.335 e. The Morgan fingerprint density at radius 3 is 2.64 bits per heavy atom. The molecule has 2 aromatic carbocycles. The highest BCUT2D eigenvalue weighted by molar-refractivity contribution is 6.59. The summed E-state index contributed by atoms with van der Waals surface area (Å²) < 4.78 is 4.84. The van der Waals surface area contributed by atoms with Crippen molar-refractivity contribution >= 4 is 28.3 Å². The monoisotopic (exact) mass is 297 g/mol. The van der Waals surface area contributed by atoms with Crippen molar-refractivity contribution in [3.05, 3.63) is 47.5 Å². The molecule has 3 rings (SSSR count). The number of carbonyl (C=O) groups is 2. The van der Waals surface area contributed by atoms with Gasteiger partial charge in [0.1, 0.15) is 5.71 Å². The van der Waals surface area contributed by atoms with Crippen LogP contribution in [0.25, 0.3) is 10.8 Å². The third-order valence-electron chi connectivity index (χ3n) is 3.48. The summed E-state index contributed by atoms with van der Waals surface area (Å²) in [6.45, 7) is 0.782. The van der Waals surface area contributed by atoms with Gasteiger partial charge >= 0.3 is 6.03 Å². The molecule has 0 saturated carbocycles. The van der Waals surface area contributed by atoms with Gasteiger partial charge in [0.15, 0.2) is 0 Å². The number of Topliss-reactive ketones (excluding diaryl/α,β-unsaturated/α-hetero) is 1. The van der Waals surface area contributed by atoms with E-state index in [0.29, 0.717) is 18.7 Å². The van der Waals surface area contributed by atoms with Crippen LogP contribution in [0.5, 0.6) is 0 Å². The summed E-state index contributed by atoms with van der Waals surface area (Å²) in [4.78, 5) is 24.0. The summed E-state index contributed by atoms with van der Waals surface area (Å²) in [6, 6.07) is 10.7. The highest BCUT2D eigenvalue weighted by atomic mass is 16.5. The standard InChI is InChI=1S/C16H15N3O3/c1-22-9-8-17-16(21)19-18-14-11-6-2-4-10-5-3-7-12(13(10)11)15(14)20/h2-7H,8-9H2,1H3,(H2,17,19,21). The van der Waals surface area contributed by atoms with Gasteiger partial charge in [0, 0.05) is 30.2 Å². The van der Waals surface area contributed by atoms with E-state index >= 15 is 0 Å². The van der Waals surface area contributed by atoms with Crippen LogP contribution in [0.3, 0.4) is 0 Å². The summed E-state index contributed by atoms with van der Waals surface area (Å²) in [6.07, 6.45) is 0. The van der Waals surface area contributed by atoms with Crippen molar-refractivity contribution < 1.29 is 14.3 Å². The Labute approximate surface area is 127 Å². The maximum absolute atomic E-state index is 12.4. The molecular formula is C16H15N3O3. The third kappa shape index (κ3) is 2.44. The van der Waals surface area contributed by atoms with Crippen LogP contribution >= 0.6 is 0 Å². The van der Waals surface area contributed by atoms with Gasteiger partial charge in [-0.2, -0.15) is 5.10 Å². The van der Waals surface area contributed by atoms with E-state index in [2.05, 4.69) is 15.8 Å². The lowest BCUT2D eigenvalue weighted by atomic mass is 10.1. The number of hydrogen-bond donors (Lipinski definition) is 2. The van der Waals surface area contributed by atoms with Gasteiger partial charge in [0.2, 0.25) is 5.78 Å². The average Bonchev–Trinajstić information content (AvgIpc) is 2.81. The highest BCUT2D eigenvalue weighted by Crippen LogP contribution is 2.30. The van der Waals surface area contributed by atoms with Crippen molar-refractivity contribution in [2.45, 2.75) is 0 Å². The van der Waals surface area contributed by atoms with Crippen LogP contribution in [-0.2, 0) is 4.74 Å². The first-order valence-corrected chi connectivity index (χ1v) is 6.89. The van der Waals surface area contributed by atoms with Gasteiger partial charge < -0.3 is 10.1 Å². The van der Waals surface area contributed by atoms with Crippen LogP contribution in [0.4, 0.5) is 4.79 Å². The Kier molecular flexibility index (Phi) is 3.84. The number of amides is 2.